The Bertz CT molecular complexity index is 579. The number of carbonyl (C=O) groups is 1. The molecule has 2 aliphatic heterocycles. The first-order chi connectivity index (χ1) is 12.2. The van der Waals surface area contributed by atoms with Gasteiger partial charge >= 0.3 is 0 Å². The highest BCUT2D eigenvalue weighted by Gasteiger charge is 2.25. The number of amides is 1. The third-order valence-corrected chi connectivity index (χ3v) is 5.03. The topological polar surface area (TPSA) is 51.2 Å². The van der Waals surface area contributed by atoms with Gasteiger partial charge < -0.3 is 19.1 Å². The van der Waals surface area contributed by atoms with E-state index >= 15 is 0 Å². The lowest BCUT2D eigenvalue weighted by Gasteiger charge is -2.37. The molecule has 0 aromatic heterocycles. The molecule has 1 atom stereocenters. The summed E-state index contributed by atoms with van der Waals surface area (Å²) < 4.78 is 16.4. The van der Waals surface area contributed by atoms with Crippen LogP contribution in [0.25, 0.3) is 0 Å². The summed E-state index contributed by atoms with van der Waals surface area (Å²) in [5, 5.41) is 0. The Balaban J connectivity index is 1.54. The van der Waals surface area contributed by atoms with E-state index < -0.39 is 0 Å². The van der Waals surface area contributed by atoms with E-state index in [1.807, 2.05) is 4.90 Å². The standard InChI is InChI=1S/C19H28N2O4/c1-23-17-7-6-15(13-18(17)24-2)19(22)21-10-8-20(9-11-21)14-16-5-3-4-12-25-16/h6-7,13,16H,3-5,8-12,14H2,1-2H3. The maximum Gasteiger partial charge on any atom is 0.254 e. The van der Waals surface area contributed by atoms with Gasteiger partial charge in [-0.1, -0.05) is 0 Å². The van der Waals surface area contributed by atoms with Gasteiger partial charge in [-0.15, -0.1) is 0 Å². The van der Waals surface area contributed by atoms with E-state index in [2.05, 4.69) is 4.90 Å². The Morgan fingerprint density at radius 1 is 1.12 bits per heavy atom. The van der Waals surface area contributed by atoms with Crippen LogP contribution >= 0.6 is 0 Å². The second kappa shape index (κ2) is 8.54. The SMILES string of the molecule is COc1ccc(C(=O)N2CCN(CC3CCCCO3)CC2)cc1OC. The molecule has 1 aromatic carbocycles. The van der Waals surface area contributed by atoms with Crippen LogP contribution in [0.3, 0.4) is 0 Å². The van der Waals surface area contributed by atoms with E-state index in [1.165, 1.54) is 12.8 Å². The maximum absolute atomic E-state index is 12.8. The molecule has 6 nitrogen and oxygen atoms in total. The molecular formula is C19H28N2O4. The maximum atomic E-state index is 12.8. The lowest BCUT2D eigenvalue weighted by Crippen LogP contribution is -2.50. The highest BCUT2D eigenvalue weighted by atomic mass is 16.5. The average molecular weight is 348 g/mol. The molecule has 2 saturated heterocycles. The zero-order valence-electron chi connectivity index (χ0n) is 15.2. The lowest BCUT2D eigenvalue weighted by molar-refractivity contribution is -0.0130. The Hall–Kier alpha value is -1.79. The minimum Gasteiger partial charge on any atom is -0.493 e. The first-order valence-electron chi connectivity index (χ1n) is 9.06. The number of hydrogen-bond acceptors (Lipinski definition) is 5. The van der Waals surface area contributed by atoms with Crippen molar-refractivity contribution in [3.63, 3.8) is 0 Å². The summed E-state index contributed by atoms with van der Waals surface area (Å²) in [6, 6.07) is 5.33. The molecule has 2 aliphatic rings. The zero-order valence-corrected chi connectivity index (χ0v) is 15.2. The van der Waals surface area contributed by atoms with Gasteiger partial charge in [0.2, 0.25) is 0 Å². The van der Waals surface area contributed by atoms with Crippen molar-refractivity contribution in [1.82, 2.24) is 9.80 Å². The fourth-order valence-corrected chi connectivity index (χ4v) is 3.52. The number of piperazine rings is 1. The molecule has 0 aliphatic carbocycles. The van der Waals surface area contributed by atoms with Gasteiger partial charge in [0.1, 0.15) is 0 Å². The molecule has 3 rings (SSSR count). The Kier molecular flexibility index (Phi) is 6.15. The minimum atomic E-state index is 0.0505. The fraction of sp³-hybridized carbons (Fsp3) is 0.632. The van der Waals surface area contributed by atoms with Gasteiger partial charge in [0.05, 0.1) is 20.3 Å². The molecule has 2 fully saturated rings. The normalized spacial score (nSPS) is 21.8. The number of carbonyl (C=O) groups excluding carboxylic acids is 1. The number of benzene rings is 1. The summed E-state index contributed by atoms with van der Waals surface area (Å²) in [4.78, 5) is 17.1. The third-order valence-electron chi connectivity index (χ3n) is 5.03. The van der Waals surface area contributed by atoms with Crippen molar-refractivity contribution in [3.8, 4) is 11.5 Å². The molecule has 0 saturated carbocycles. The molecule has 138 valence electrons. The summed E-state index contributed by atoms with van der Waals surface area (Å²) in [5.41, 5.74) is 0.640. The van der Waals surface area contributed by atoms with E-state index in [0.29, 0.717) is 23.2 Å². The summed E-state index contributed by atoms with van der Waals surface area (Å²) in [5.74, 6) is 1.27. The van der Waals surface area contributed by atoms with Gasteiger partial charge in [-0.3, -0.25) is 9.69 Å². The Morgan fingerprint density at radius 3 is 2.52 bits per heavy atom. The van der Waals surface area contributed by atoms with Crippen molar-refractivity contribution < 1.29 is 19.0 Å². The van der Waals surface area contributed by atoms with Crippen LogP contribution in [0.15, 0.2) is 18.2 Å². The van der Waals surface area contributed by atoms with Gasteiger partial charge in [-0.2, -0.15) is 0 Å². The highest BCUT2D eigenvalue weighted by Crippen LogP contribution is 2.28. The third kappa shape index (κ3) is 4.44. The van der Waals surface area contributed by atoms with Crippen LogP contribution in [0.2, 0.25) is 0 Å². The van der Waals surface area contributed by atoms with E-state index in [1.54, 1.807) is 32.4 Å². The quantitative estimate of drug-likeness (QED) is 0.815. The highest BCUT2D eigenvalue weighted by molar-refractivity contribution is 5.95. The summed E-state index contributed by atoms with van der Waals surface area (Å²) in [6.45, 7) is 5.18. The number of hydrogen-bond donors (Lipinski definition) is 0. The molecule has 0 N–H and O–H groups in total. The number of nitrogens with zero attached hydrogens (tertiary/aromatic N) is 2. The van der Waals surface area contributed by atoms with Crippen LogP contribution in [-0.2, 0) is 4.74 Å². The van der Waals surface area contributed by atoms with Gasteiger partial charge in [0.15, 0.2) is 11.5 Å². The van der Waals surface area contributed by atoms with Crippen LogP contribution < -0.4 is 9.47 Å². The van der Waals surface area contributed by atoms with E-state index in [0.717, 1.165) is 45.8 Å². The predicted molar refractivity (Wildman–Crippen MR) is 95.5 cm³/mol. The first kappa shape index (κ1) is 18.0. The molecule has 1 amide bonds. The number of rotatable bonds is 5. The minimum absolute atomic E-state index is 0.0505. The molecule has 1 aromatic rings. The van der Waals surface area contributed by atoms with Crippen LogP contribution in [0.4, 0.5) is 0 Å². The van der Waals surface area contributed by atoms with Gasteiger partial charge in [-0.25, -0.2) is 0 Å². The predicted octanol–water partition coefficient (Wildman–Crippen LogP) is 2.03. The Morgan fingerprint density at radius 2 is 1.88 bits per heavy atom. The van der Waals surface area contributed by atoms with E-state index in [4.69, 9.17) is 14.2 Å². The molecular weight excluding hydrogens is 320 g/mol. The van der Waals surface area contributed by atoms with Crippen molar-refractivity contribution in [3.05, 3.63) is 23.8 Å². The van der Waals surface area contributed by atoms with Gasteiger partial charge in [0, 0.05) is 44.9 Å². The van der Waals surface area contributed by atoms with Gasteiger partial charge in [-0.05, 0) is 37.5 Å². The summed E-state index contributed by atoms with van der Waals surface area (Å²) in [6.07, 6.45) is 3.97. The molecule has 0 radical (unpaired) electrons. The second-order valence-electron chi connectivity index (χ2n) is 6.65. The molecule has 25 heavy (non-hydrogen) atoms. The second-order valence-corrected chi connectivity index (χ2v) is 6.65. The lowest BCUT2D eigenvalue weighted by atomic mass is 10.1. The molecule has 1 unspecified atom stereocenters. The number of ether oxygens (including phenoxy) is 3. The van der Waals surface area contributed by atoms with Crippen molar-refractivity contribution in [1.29, 1.82) is 0 Å². The van der Waals surface area contributed by atoms with Crippen molar-refractivity contribution in [2.24, 2.45) is 0 Å². The van der Waals surface area contributed by atoms with Crippen LogP contribution in [0.5, 0.6) is 11.5 Å². The van der Waals surface area contributed by atoms with Crippen LogP contribution in [0, 0.1) is 0 Å². The smallest absolute Gasteiger partial charge is 0.254 e. The first-order valence-corrected chi connectivity index (χ1v) is 9.06. The van der Waals surface area contributed by atoms with Crippen molar-refractivity contribution >= 4 is 5.91 Å². The molecule has 6 heteroatoms. The largest absolute Gasteiger partial charge is 0.493 e. The molecule has 2 heterocycles. The monoisotopic (exact) mass is 348 g/mol. The van der Waals surface area contributed by atoms with Crippen molar-refractivity contribution in [2.75, 3.05) is 53.6 Å². The molecule has 0 spiro atoms. The van der Waals surface area contributed by atoms with Crippen LogP contribution in [0.1, 0.15) is 29.6 Å². The van der Waals surface area contributed by atoms with Crippen molar-refractivity contribution in [2.45, 2.75) is 25.4 Å². The number of methoxy groups -OCH3 is 2. The summed E-state index contributed by atoms with van der Waals surface area (Å²) >= 11 is 0. The van der Waals surface area contributed by atoms with E-state index in [-0.39, 0.29) is 5.91 Å². The zero-order chi connectivity index (χ0) is 17.6. The van der Waals surface area contributed by atoms with Crippen LogP contribution in [-0.4, -0.2) is 75.4 Å². The van der Waals surface area contributed by atoms with Gasteiger partial charge in [0.25, 0.3) is 5.91 Å². The average Bonchev–Trinajstić information content (AvgIpc) is 2.68. The summed E-state index contributed by atoms with van der Waals surface area (Å²) in [7, 11) is 3.17. The Labute approximate surface area is 149 Å². The van der Waals surface area contributed by atoms with E-state index in [9.17, 15) is 4.79 Å². The fourth-order valence-electron chi connectivity index (χ4n) is 3.52. The molecule has 0 bridgehead atoms.